The van der Waals surface area contributed by atoms with Crippen molar-refractivity contribution in [1.82, 2.24) is 21.3 Å². The largest absolute Gasteiger partial charge is 0.379 e. The van der Waals surface area contributed by atoms with E-state index in [0.717, 1.165) is 37.9 Å². The molecule has 4 amide bonds. The van der Waals surface area contributed by atoms with E-state index in [1.54, 1.807) is 0 Å². The zero-order valence-corrected chi connectivity index (χ0v) is 22.8. The van der Waals surface area contributed by atoms with Gasteiger partial charge in [-0.2, -0.15) is 11.8 Å². The highest BCUT2D eigenvalue weighted by Gasteiger charge is 2.42. The van der Waals surface area contributed by atoms with E-state index < -0.39 is 0 Å². The predicted molar refractivity (Wildman–Crippen MR) is 141 cm³/mol. The molecule has 0 spiro atoms. The summed E-state index contributed by atoms with van der Waals surface area (Å²) in [5, 5.41) is 12.1. The number of ether oxygens (including phenoxy) is 3. The van der Waals surface area contributed by atoms with Gasteiger partial charge in [-0.3, -0.25) is 9.59 Å². The average molecular weight is 615 g/mol. The van der Waals surface area contributed by atoms with Crippen molar-refractivity contribution in [3.05, 3.63) is 0 Å². The first-order valence-electron chi connectivity index (χ1n) is 12.1. The van der Waals surface area contributed by atoms with Crippen LogP contribution in [0.3, 0.4) is 0 Å². The molecule has 196 valence electrons. The SMILES string of the molecule is O=C(CI)NCCCOCCOCCOCCCNC(=O)CCCCC1SCC2NC(=O)NC21. The topological polar surface area (TPSA) is 127 Å². The van der Waals surface area contributed by atoms with Crippen LogP contribution in [-0.2, 0) is 23.8 Å². The van der Waals surface area contributed by atoms with E-state index >= 15 is 0 Å². The third kappa shape index (κ3) is 12.8. The lowest BCUT2D eigenvalue weighted by molar-refractivity contribution is -0.121. The third-order valence-electron chi connectivity index (χ3n) is 5.52. The Morgan fingerprint density at radius 2 is 1.50 bits per heavy atom. The summed E-state index contributed by atoms with van der Waals surface area (Å²) in [6.45, 7) is 4.53. The van der Waals surface area contributed by atoms with Gasteiger partial charge in [0.25, 0.3) is 0 Å². The van der Waals surface area contributed by atoms with Crippen molar-refractivity contribution < 1.29 is 28.6 Å². The number of unbranched alkanes of at least 4 members (excludes halogenated alkanes) is 1. The van der Waals surface area contributed by atoms with Crippen LogP contribution in [0.25, 0.3) is 0 Å². The lowest BCUT2D eigenvalue weighted by Gasteiger charge is -2.16. The molecule has 34 heavy (non-hydrogen) atoms. The van der Waals surface area contributed by atoms with Gasteiger partial charge in [0.1, 0.15) is 0 Å². The van der Waals surface area contributed by atoms with Crippen LogP contribution in [0.15, 0.2) is 0 Å². The highest BCUT2D eigenvalue weighted by atomic mass is 127. The maximum Gasteiger partial charge on any atom is 0.315 e. The van der Waals surface area contributed by atoms with Crippen LogP contribution in [0, 0.1) is 0 Å². The molecule has 2 aliphatic rings. The van der Waals surface area contributed by atoms with Crippen molar-refractivity contribution in [1.29, 1.82) is 0 Å². The van der Waals surface area contributed by atoms with Crippen LogP contribution < -0.4 is 21.3 Å². The first kappa shape index (κ1) is 29.4. The average Bonchev–Trinajstić information content (AvgIpc) is 3.38. The molecule has 0 aromatic rings. The number of nitrogens with one attached hydrogen (secondary N) is 4. The summed E-state index contributed by atoms with van der Waals surface area (Å²) in [4.78, 5) is 34.4. The summed E-state index contributed by atoms with van der Waals surface area (Å²) in [5.41, 5.74) is 0. The Bertz CT molecular complexity index is 618. The van der Waals surface area contributed by atoms with Gasteiger partial charge in [-0.15, -0.1) is 0 Å². The first-order chi connectivity index (χ1) is 16.6. The van der Waals surface area contributed by atoms with Crippen LogP contribution in [0.4, 0.5) is 4.79 Å². The van der Waals surface area contributed by atoms with Gasteiger partial charge in [0.2, 0.25) is 11.8 Å². The summed E-state index contributed by atoms with van der Waals surface area (Å²) in [6.07, 6.45) is 5.00. The van der Waals surface area contributed by atoms with Gasteiger partial charge in [-0.25, -0.2) is 4.79 Å². The van der Waals surface area contributed by atoms with E-state index in [1.807, 2.05) is 34.4 Å². The van der Waals surface area contributed by atoms with Crippen LogP contribution in [0.5, 0.6) is 0 Å². The van der Waals surface area contributed by atoms with E-state index in [-0.39, 0.29) is 29.9 Å². The lowest BCUT2D eigenvalue weighted by atomic mass is 10.0. The highest BCUT2D eigenvalue weighted by molar-refractivity contribution is 14.1. The molecule has 0 radical (unpaired) electrons. The number of rotatable bonds is 20. The molecule has 0 aromatic heterocycles. The minimum absolute atomic E-state index is 0.0505. The second kappa shape index (κ2) is 18.4. The Morgan fingerprint density at radius 1 is 0.882 bits per heavy atom. The number of amides is 4. The van der Waals surface area contributed by atoms with Gasteiger partial charge in [0.05, 0.1) is 42.9 Å². The second-order valence-electron chi connectivity index (χ2n) is 8.25. The van der Waals surface area contributed by atoms with Gasteiger partial charge in [0.15, 0.2) is 0 Å². The predicted octanol–water partition coefficient (Wildman–Crippen LogP) is 1.21. The molecular weight excluding hydrogens is 575 g/mol. The quantitative estimate of drug-likeness (QED) is 0.0703. The molecule has 2 saturated heterocycles. The van der Waals surface area contributed by atoms with Crippen molar-refractivity contribution in [2.24, 2.45) is 0 Å². The normalized spacial score (nSPS) is 21.1. The van der Waals surface area contributed by atoms with Gasteiger partial charge >= 0.3 is 6.03 Å². The molecule has 4 N–H and O–H groups in total. The Kier molecular flexibility index (Phi) is 15.9. The zero-order valence-electron chi connectivity index (χ0n) is 19.8. The van der Waals surface area contributed by atoms with Crippen molar-refractivity contribution in [2.45, 2.75) is 55.9 Å². The number of carbonyl (C=O) groups excluding carboxylic acids is 3. The van der Waals surface area contributed by atoms with Crippen LogP contribution in [-0.4, -0.2) is 98.1 Å². The van der Waals surface area contributed by atoms with E-state index in [0.29, 0.717) is 68.8 Å². The first-order valence-corrected chi connectivity index (χ1v) is 14.7. The molecule has 2 heterocycles. The molecule has 10 nitrogen and oxygen atoms in total. The molecule has 2 fully saturated rings. The minimum Gasteiger partial charge on any atom is -0.379 e. The number of halogens is 1. The summed E-state index contributed by atoms with van der Waals surface area (Å²) >= 11 is 3.94. The molecule has 2 aliphatic heterocycles. The standard InChI is InChI=1S/C22H39IN4O6S/c23-15-20(29)25-8-4-10-32-12-14-33-13-11-31-9-3-7-24-19(28)6-2-1-5-18-21-17(16-34-18)26-22(30)27-21/h17-18,21H,1-16H2,(H,24,28)(H,25,29)(H2,26,27,30). The number of hydrogen-bond acceptors (Lipinski definition) is 7. The smallest absolute Gasteiger partial charge is 0.315 e. The van der Waals surface area contributed by atoms with Crippen molar-refractivity contribution in [3.63, 3.8) is 0 Å². The summed E-state index contributed by atoms with van der Waals surface area (Å²) in [5.74, 6) is 1.11. The monoisotopic (exact) mass is 614 g/mol. The van der Waals surface area contributed by atoms with Crippen LogP contribution >= 0.6 is 34.4 Å². The van der Waals surface area contributed by atoms with Gasteiger partial charge in [-0.05, 0) is 25.7 Å². The zero-order chi connectivity index (χ0) is 24.4. The van der Waals surface area contributed by atoms with Crippen LogP contribution in [0.2, 0.25) is 0 Å². The van der Waals surface area contributed by atoms with E-state index in [1.165, 1.54) is 0 Å². The van der Waals surface area contributed by atoms with Crippen molar-refractivity contribution in [2.75, 3.05) is 62.9 Å². The Labute approximate surface area is 220 Å². The molecule has 0 bridgehead atoms. The molecule has 3 atom stereocenters. The Morgan fingerprint density at radius 3 is 2.15 bits per heavy atom. The minimum atomic E-state index is -0.0521. The fraction of sp³-hybridized carbons (Fsp3) is 0.864. The maximum absolute atomic E-state index is 12.0. The fourth-order valence-corrected chi connectivity index (χ4v) is 5.57. The van der Waals surface area contributed by atoms with Crippen molar-refractivity contribution in [3.8, 4) is 0 Å². The van der Waals surface area contributed by atoms with Gasteiger partial charge in [0, 0.05) is 43.7 Å². The molecule has 0 saturated carbocycles. The van der Waals surface area contributed by atoms with Crippen LogP contribution in [0.1, 0.15) is 38.5 Å². The lowest BCUT2D eigenvalue weighted by Crippen LogP contribution is -2.36. The number of thioether (sulfide) groups is 1. The van der Waals surface area contributed by atoms with Gasteiger partial charge in [-0.1, -0.05) is 29.0 Å². The summed E-state index contributed by atoms with van der Waals surface area (Å²) < 4.78 is 16.9. The maximum atomic E-state index is 12.0. The third-order valence-corrected chi connectivity index (χ3v) is 7.72. The van der Waals surface area contributed by atoms with Crippen molar-refractivity contribution >= 4 is 52.2 Å². The number of carbonyl (C=O) groups is 3. The second-order valence-corrected chi connectivity index (χ2v) is 10.3. The molecule has 0 aromatic carbocycles. The number of hydrogen-bond donors (Lipinski definition) is 4. The molecule has 3 unspecified atom stereocenters. The van der Waals surface area contributed by atoms with E-state index in [4.69, 9.17) is 14.2 Å². The summed E-state index contributed by atoms with van der Waals surface area (Å²) in [7, 11) is 0. The summed E-state index contributed by atoms with van der Waals surface area (Å²) in [6, 6.07) is 0.446. The number of alkyl halides is 1. The molecular formula is C22H39IN4O6S. The molecule has 12 heteroatoms. The Balaban J connectivity index is 1.27. The fourth-order valence-electron chi connectivity index (χ4n) is 3.76. The Hall–Kier alpha value is -0.830. The highest BCUT2D eigenvalue weighted by Crippen LogP contribution is 2.33. The van der Waals surface area contributed by atoms with E-state index in [9.17, 15) is 14.4 Å². The number of fused-ring (bicyclic) bond motifs is 1. The van der Waals surface area contributed by atoms with Gasteiger partial charge < -0.3 is 35.5 Å². The molecule has 2 rings (SSSR count). The van der Waals surface area contributed by atoms with E-state index in [2.05, 4.69) is 21.3 Å². The molecule has 0 aliphatic carbocycles. The number of urea groups is 1.